The van der Waals surface area contributed by atoms with E-state index in [1.54, 1.807) is 26.1 Å². The zero-order valence-electron chi connectivity index (χ0n) is 21.2. The zero-order valence-corrected chi connectivity index (χ0v) is 22.0. The van der Waals surface area contributed by atoms with Gasteiger partial charge in [-0.2, -0.15) is 0 Å². The predicted octanol–water partition coefficient (Wildman–Crippen LogP) is 4.58. The second kappa shape index (κ2) is 11.5. The monoisotopic (exact) mass is 528 g/mol. The molecule has 11 heteroatoms. The Morgan fingerprint density at radius 3 is 2.59 bits per heavy atom. The summed E-state index contributed by atoms with van der Waals surface area (Å²) in [4.78, 5) is 40.8. The van der Waals surface area contributed by atoms with Gasteiger partial charge < -0.3 is 20.6 Å². The quantitative estimate of drug-likeness (QED) is 0.454. The van der Waals surface area contributed by atoms with Crippen molar-refractivity contribution in [2.45, 2.75) is 76.6 Å². The van der Waals surface area contributed by atoms with Crippen molar-refractivity contribution in [1.82, 2.24) is 20.2 Å². The topological polar surface area (TPSA) is 112 Å². The molecule has 0 aromatic carbocycles. The maximum Gasteiger partial charge on any atom is 0.280 e. The van der Waals surface area contributed by atoms with Gasteiger partial charge in [0.15, 0.2) is 5.01 Å². The molecule has 9 nitrogen and oxygen atoms in total. The number of rotatable bonds is 7. The molecule has 0 radical (unpaired) electrons. The molecule has 2 fully saturated rings. The number of anilines is 1. The Balaban J connectivity index is 1.67. The number of carbonyl (C=O) groups excluding carboxylic acids is 2. The molecule has 2 amide bonds. The highest BCUT2D eigenvalue weighted by Crippen LogP contribution is 2.39. The minimum atomic E-state index is -1.12. The van der Waals surface area contributed by atoms with Gasteiger partial charge in [0.05, 0.1) is 17.1 Å². The summed E-state index contributed by atoms with van der Waals surface area (Å²) in [6.45, 7) is 11.4. The van der Waals surface area contributed by atoms with E-state index in [0.717, 1.165) is 37.0 Å². The second-order valence-electron chi connectivity index (χ2n) is 10.3. The number of pyridine rings is 1. The van der Waals surface area contributed by atoms with Crippen molar-refractivity contribution in [1.29, 1.82) is 0 Å². The van der Waals surface area contributed by atoms with Gasteiger partial charge in [-0.15, -0.1) is 11.3 Å². The van der Waals surface area contributed by atoms with Gasteiger partial charge in [-0.1, -0.05) is 19.3 Å². The lowest BCUT2D eigenvalue weighted by Crippen LogP contribution is -2.39. The molecule has 2 aromatic heterocycles. The first-order valence-corrected chi connectivity index (χ1v) is 13.6. The molecule has 3 heterocycles. The first-order chi connectivity index (χ1) is 17.6. The third-order valence-electron chi connectivity index (χ3n) is 6.62. The highest BCUT2D eigenvalue weighted by molar-refractivity contribution is 7.17. The number of hydrogen-bond donors (Lipinski definition) is 3. The second-order valence-corrected chi connectivity index (χ2v) is 11.3. The highest BCUT2D eigenvalue weighted by Gasteiger charge is 2.30. The van der Waals surface area contributed by atoms with Crippen LogP contribution in [0.5, 0.6) is 0 Å². The number of aromatic nitrogens is 2. The van der Waals surface area contributed by atoms with E-state index in [1.807, 2.05) is 0 Å². The Morgan fingerprint density at radius 1 is 1.24 bits per heavy atom. The average molecular weight is 529 g/mol. The van der Waals surface area contributed by atoms with Crippen LogP contribution in [0.15, 0.2) is 12.3 Å². The number of aliphatic hydroxyl groups is 1. The molecule has 1 aliphatic heterocycles. The standard InChI is InChI=1S/C26H33FN6O3S/c1-26(2,36)15-30-23(34)24-32-21(25(35)33-11-9-16(27)10-12-33)22(37-24)18-14-29-20(13-19(18)28-3)31-17-7-5-4-6-8-17/h13-14,16-17,36H,4-12,15H2,1-2H3,(H,29,31)(H,30,34). The van der Waals surface area contributed by atoms with Crippen LogP contribution in [0.1, 0.15) is 79.1 Å². The molecule has 2 aliphatic rings. The Hall–Kier alpha value is -3.10. The summed E-state index contributed by atoms with van der Waals surface area (Å²) < 4.78 is 13.7. The van der Waals surface area contributed by atoms with Crippen LogP contribution in [0, 0.1) is 6.57 Å². The first-order valence-electron chi connectivity index (χ1n) is 12.7. The third-order valence-corrected chi connectivity index (χ3v) is 7.71. The summed E-state index contributed by atoms with van der Waals surface area (Å²) in [6.07, 6.45) is 6.78. The third kappa shape index (κ3) is 6.81. The smallest absolute Gasteiger partial charge is 0.280 e. The van der Waals surface area contributed by atoms with Gasteiger partial charge in [0.1, 0.15) is 17.7 Å². The summed E-state index contributed by atoms with van der Waals surface area (Å²) in [5, 5.41) is 16.1. The van der Waals surface area contributed by atoms with Gasteiger partial charge in [-0.05, 0) is 45.6 Å². The Morgan fingerprint density at radius 2 is 1.95 bits per heavy atom. The maximum absolute atomic E-state index is 13.7. The van der Waals surface area contributed by atoms with E-state index in [1.165, 1.54) is 11.3 Å². The van der Waals surface area contributed by atoms with E-state index in [-0.39, 0.29) is 43.2 Å². The number of piperidine rings is 1. The van der Waals surface area contributed by atoms with Gasteiger partial charge in [-0.3, -0.25) is 9.59 Å². The summed E-state index contributed by atoms with van der Waals surface area (Å²) in [5.41, 5.74) is -0.340. The van der Waals surface area contributed by atoms with Gasteiger partial charge in [0.2, 0.25) is 5.69 Å². The van der Waals surface area contributed by atoms with E-state index in [2.05, 4.69) is 25.4 Å². The summed E-state index contributed by atoms with van der Waals surface area (Å²) in [7, 11) is 0. The lowest BCUT2D eigenvalue weighted by Gasteiger charge is -2.28. The van der Waals surface area contributed by atoms with Gasteiger partial charge in [-0.25, -0.2) is 19.2 Å². The van der Waals surface area contributed by atoms with Crippen molar-refractivity contribution in [3.63, 3.8) is 0 Å². The van der Waals surface area contributed by atoms with Crippen LogP contribution in [0.2, 0.25) is 0 Å². The zero-order chi connectivity index (χ0) is 26.6. The van der Waals surface area contributed by atoms with Crippen LogP contribution in [-0.2, 0) is 0 Å². The molecule has 0 unspecified atom stereocenters. The minimum absolute atomic E-state index is 0.00440. The van der Waals surface area contributed by atoms with Crippen LogP contribution in [0.3, 0.4) is 0 Å². The predicted molar refractivity (Wildman–Crippen MR) is 141 cm³/mol. The number of amides is 2. The fourth-order valence-electron chi connectivity index (χ4n) is 4.56. The van der Waals surface area contributed by atoms with Crippen LogP contribution in [-0.4, -0.2) is 69.2 Å². The molecular formula is C26H33FN6O3S. The fraction of sp³-hybridized carbons (Fsp3) is 0.577. The number of hydrogen-bond acceptors (Lipinski definition) is 7. The van der Waals surface area contributed by atoms with Crippen molar-refractivity contribution >= 4 is 34.7 Å². The largest absolute Gasteiger partial charge is 0.389 e. The molecular weight excluding hydrogens is 495 g/mol. The first kappa shape index (κ1) is 26.9. The van der Waals surface area contributed by atoms with E-state index < -0.39 is 23.6 Å². The van der Waals surface area contributed by atoms with Crippen molar-refractivity contribution in [3.8, 4) is 10.4 Å². The number of likely N-dealkylation sites (tertiary alicyclic amines) is 1. The van der Waals surface area contributed by atoms with E-state index >= 15 is 0 Å². The van der Waals surface area contributed by atoms with Crippen molar-refractivity contribution in [3.05, 3.63) is 34.4 Å². The normalized spacial score (nSPS) is 17.3. The number of alkyl halides is 1. The van der Waals surface area contributed by atoms with Gasteiger partial charge >= 0.3 is 0 Å². The van der Waals surface area contributed by atoms with Gasteiger partial charge in [0, 0.05) is 37.4 Å². The van der Waals surface area contributed by atoms with Crippen LogP contribution >= 0.6 is 11.3 Å². The molecule has 1 saturated heterocycles. The Kier molecular flexibility index (Phi) is 8.39. The van der Waals surface area contributed by atoms with Crippen molar-refractivity contribution in [2.24, 2.45) is 0 Å². The van der Waals surface area contributed by atoms with E-state index in [0.29, 0.717) is 28.0 Å². The lowest BCUT2D eigenvalue weighted by molar-refractivity contribution is 0.0660. The molecule has 1 aliphatic carbocycles. The van der Waals surface area contributed by atoms with E-state index in [9.17, 15) is 19.1 Å². The SMILES string of the molecule is [C-]#[N+]c1cc(NC2CCCCC2)ncc1-c1sc(C(=O)NCC(C)(C)O)nc1C(=O)N1CCC(F)CC1. The maximum atomic E-state index is 13.7. The number of carbonyl (C=O) groups is 2. The summed E-state index contributed by atoms with van der Waals surface area (Å²) >= 11 is 1.01. The molecule has 3 N–H and O–H groups in total. The Bertz CT molecular complexity index is 1170. The number of halogens is 1. The van der Waals surface area contributed by atoms with E-state index in [4.69, 9.17) is 6.57 Å². The highest BCUT2D eigenvalue weighted by atomic mass is 32.1. The fourth-order valence-corrected chi connectivity index (χ4v) is 5.56. The molecule has 0 spiro atoms. The average Bonchev–Trinajstić information content (AvgIpc) is 3.33. The molecule has 0 bridgehead atoms. The summed E-state index contributed by atoms with van der Waals surface area (Å²) in [5.74, 6) is -0.324. The molecule has 37 heavy (non-hydrogen) atoms. The van der Waals surface area contributed by atoms with Crippen molar-refractivity contribution < 1.29 is 19.1 Å². The van der Waals surface area contributed by atoms with Crippen LogP contribution in [0.25, 0.3) is 15.3 Å². The number of nitrogens with zero attached hydrogens (tertiary/aromatic N) is 4. The molecule has 198 valence electrons. The van der Waals surface area contributed by atoms with Gasteiger partial charge in [0.25, 0.3) is 11.8 Å². The number of thiazole rings is 1. The number of nitrogens with one attached hydrogen (secondary N) is 2. The van der Waals surface area contributed by atoms with Crippen molar-refractivity contribution in [2.75, 3.05) is 25.0 Å². The Labute approximate surface area is 220 Å². The minimum Gasteiger partial charge on any atom is -0.389 e. The molecule has 4 rings (SSSR count). The van der Waals surface area contributed by atoms with Crippen LogP contribution < -0.4 is 10.6 Å². The molecule has 0 atom stereocenters. The van der Waals surface area contributed by atoms with Crippen LogP contribution in [0.4, 0.5) is 15.9 Å². The molecule has 1 saturated carbocycles. The lowest BCUT2D eigenvalue weighted by atomic mass is 9.95. The molecule has 2 aromatic rings. The summed E-state index contributed by atoms with van der Waals surface area (Å²) in [6, 6.07) is 1.99.